The van der Waals surface area contributed by atoms with Gasteiger partial charge in [-0.2, -0.15) is 0 Å². The van der Waals surface area contributed by atoms with Crippen molar-refractivity contribution in [2.75, 3.05) is 26.2 Å². The smallest absolute Gasteiger partial charge is 0.257 e. The summed E-state index contributed by atoms with van der Waals surface area (Å²) in [6.45, 7) is 3.26. The van der Waals surface area contributed by atoms with Crippen molar-refractivity contribution in [2.45, 2.75) is 6.54 Å². The molecule has 1 aliphatic heterocycles. The number of hydrogen-bond donors (Lipinski definition) is 0. The van der Waals surface area contributed by atoms with E-state index in [1.807, 2.05) is 17.5 Å². The van der Waals surface area contributed by atoms with Crippen LogP contribution in [0.4, 0.5) is 0 Å². The number of nitrogens with zero attached hydrogens (tertiary/aromatic N) is 4. The molecule has 0 radical (unpaired) electrons. The highest BCUT2D eigenvalue weighted by atomic mass is 35.5. The number of amides is 1. The zero-order valence-corrected chi connectivity index (χ0v) is 16.6. The number of carbonyl (C=O) groups is 1. The number of benzene rings is 1. The lowest BCUT2D eigenvalue weighted by atomic mass is 10.2. The van der Waals surface area contributed by atoms with Gasteiger partial charge in [-0.05, 0) is 29.6 Å². The van der Waals surface area contributed by atoms with Crippen LogP contribution < -0.4 is 0 Å². The number of piperazine rings is 1. The van der Waals surface area contributed by atoms with Crippen LogP contribution in [0.2, 0.25) is 10.0 Å². The van der Waals surface area contributed by atoms with E-state index in [4.69, 9.17) is 27.6 Å². The molecule has 1 aromatic carbocycles. The molecule has 1 fully saturated rings. The molecule has 9 heteroatoms. The van der Waals surface area contributed by atoms with Gasteiger partial charge in [-0.25, -0.2) is 0 Å². The van der Waals surface area contributed by atoms with E-state index in [1.54, 1.807) is 34.4 Å². The van der Waals surface area contributed by atoms with Crippen molar-refractivity contribution < 1.29 is 9.21 Å². The summed E-state index contributed by atoms with van der Waals surface area (Å²) in [5, 5.41) is 11.1. The summed E-state index contributed by atoms with van der Waals surface area (Å²) in [6, 6.07) is 8.84. The SMILES string of the molecule is O=C(c1ccc(Cl)cc1Cl)N1CCN(Cc2nnc(-c3cccs3)o2)CC1. The molecule has 3 aromatic rings. The molecule has 4 rings (SSSR count). The van der Waals surface area contributed by atoms with Crippen molar-refractivity contribution in [1.29, 1.82) is 0 Å². The summed E-state index contributed by atoms with van der Waals surface area (Å²) in [5.41, 5.74) is 0.479. The van der Waals surface area contributed by atoms with E-state index < -0.39 is 0 Å². The fraction of sp³-hybridized carbons (Fsp3) is 0.278. The van der Waals surface area contributed by atoms with Gasteiger partial charge in [0.25, 0.3) is 11.8 Å². The zero-order valence-electron chi connectivity index (χ0n) is 14.3. The molecule has 2 aromatic heterocycles. The molecule has 6 nitrogen and oxygen atoms in total. The van der Waals surface area contributed by atoms with Crippen LogP contribution in [0, 0.1) is 0 Å². The number of rotatable bonds is 4. The summed E-state index contributed by atoms with van der Waals surface area (Å²) in [5.74, 6) is 1.05. The average molecular weight is 423 g/mol. The first kappa shape index (κ1) is 18.4. The minimum absolute atomic E-state index is 0.0749. The highest BCUT2D eigenvalue weighted by molar-refractivity contribution is 7.13. The highest BCUT2D eigenvalue weighted by Gasteiger charge is 2.24. The quantitative estimate of drug-likeness (QED) is 0.633. The molecule has 1 amide bonds. The Hall–Kier alpha value is -1.93. The van der Waals surface area contributed by atoms with Crippen molar-refractivity contribution in [3.05, 3.63) is 57.2 Å². The van der Waals surface area contributed by atoms with Crippen LogP contribution >= 0.6 is 34.5 Å². The van der Waals surface area contributed by atoms with E-state index in [0.29, 0.717) is 47.0 Å². The van der Waals surface area contributed by atoms with Gasteiger partial charge in [0.2, 0.25) is 5.89 Å². The van der Waals surface area contributed by atoms with Crippen molar-refractivity contribution >= 4 is 40.4 Å². The number of carbonyl (C=O) groups excluding carboxylic acids is 1. The highest BCUT2D eigenvalue weighted by Crippen LogP contribution is 2.24. The van der Waals surface area contributed by atoms with Gasteiger partial charge in [0.15, 0.2) is 0 Å². The molecule has 0 atom stereocenters. The number of hydrogen-bond acceptors (Lipinski definition) is 6. The summed E-state index contributed by atoms with van der Waals surface area (Å²) in [6.07, 6.45) is 0. The van der Waals surface area contributed by atoms with E-state index in [9.17, 15) is 4.79 Å². The maximum absolute atomic E-state index is 12.7. The molecule has 0 aliphatic carbocycles. The maximum Gasteiger partial charge on any atom is 0.257 e. The zero-order chi connectivity index (χ0) is 18.8. The molecule has 0 bridgehead atoms. The van der Waals surface area contributed by atoms with E-state index in [2.05, 4.69) is 15.1 Å². The lowest BCUT2D eigenvalue weighted by molar-refractivity contribution is 0.0618. The third-order valence-electron chi connectivity index (χ3n) is 4.38. The van der Waals surface area contributed by atoms with Crippen LogP contribution in [0.15, 0.2) is 40.1 Å². The third kappa shape index (κ3) is 4.16. The second-order valence-corrected chi connectivity index (χ2v) is 7.96. The molecule has 3 heterocycles. The van der Waals surface area contributed by atoms with E-state index in [1.165, 1.54) is 0 Å². The maximum atomic E-state index is 12.7. The van der Waals surface area contributed by atoms with Crippen LogP contribution in [0.25, 0.3) is 10.8 Å². The fourth-order valence-electron chi connectivity index (χ4n) is 2.95. The Morgan fingerprint density at radius 2 is 1.96 bits per heavy atom. The topological polar surface area (TPSA) is 62.5 Å². The van der Waals surface area contributed by atoms with Crippen molar-refractivity contribution in [1.82, 2.24) is 20.0 Å². The normalized spacial score (nSPS) is 15.3. The van der Waals surface area contributed by atoms with Crippen LogP contribution in [-0.2, 0) is 6.54 Å². The first-order valence-electron chi connectivity index (χ1n) is 8.43. The monoisotopic (exact) mass is 422 g/mol. The number of halogens is 2. The van der Waals surface area contributed by atoms with Gasteiger partial charge in [-0.1, -0.05) is 29.3 Å². The van der Waals surface area contributed by atoms with E-state index in [0.717, 1.165) is 18.0 Å². The second kappa shape index (κ2) is 7.98. The van der Waals surface area contributed by atoms with Gasteiger partial charge in [0, 0.05) is 31.2 Å². The molecular weight excluding hydrogens is 407 g/mol. The first-order valence-corrected chi connectivity index (χ1v) is 10.1. The predicted octanol–water partition coefficient (Wildman–Crippen LogP) is 4.06. The van der Waals surface area contributed by atoms with Gasteiger partial charge < -0.3 is 9.32 Å². The predicted molar refractivity (Wildman–Crippen MR) is 105 cm³/mol. The summed E-state index contributed by atoms with van der Waals surface area (Å²) >= 11 is 13.6. The van der Waals surface area contributed by atoms with Crippen LogP contribution in [0.1, 0.15) is 16.2 Å². The minimum Gasteiger partial charge on any atom is -0.419 e. The lowest BCUT2D eigenvalue weighted by Crippen LogP contribution is -2.48. The Balaban J connectivity index is 1.34. The van der Waals surface area contributed by atoms with Crippen LogP contribution in [0.3, 0.4) is 0 Å². The largest absolute Gasteiger partial charge is 0.419 e. The molecular formula is C18H16Cl2N4O2S. The Morgan fingerprint density at radius 3 is 2.67 bits per heavy atom. The standard InChI is InChI=1S/C18H16Cl2N4O2S/c19-12-3-4-13(14(20)10-12)18(25)24-7-5-23(6-8-24)11-16-21-22-17(26-16)15-2-1-9-27-15/h1-4,9-10H,5-8,11H2. The summed E-state index contributed by atoms with van der Waals surface area (Å²) in [7, 11) is 0. The van der Waals surface area contributed by atoms with Gasteiger partial charge >= 0.3 is 0 Å². The van der Waals surface area contributed by atoms with Crippen LogP contribution in [0.5, 0.6) is 0 Å². The molecule has 0 saturated carbocycles. The van der Waals surface area contributed by atoms with Gasteiger partial charge in [-0.3, -0.25) is 9.69 Å². The van der Waals surface area contributed by atoms with Gasteiger partial charge in [0.1, 0.15) is 0 Å². The van der Waals surface area contributed by atoms with Crippen molar-refractivity contribution in [3.63, 3.8) is 0 Å². The Bertz CT molecular complexity index is 937. The molecule has 27 heavy (non-hydrogen) atoms. The van der Waals surface area contributed by atoms with Gasteiger partial charge in [-0.15, -0.1) is 21.5 Å². The summed E-state index contributed by atoms with van der Waals surface area (Å²) < 4.78 is 5.74. The van der Waals surface area contributed by atoms with Crippen molar-refractivity contribution in [2.24, 2.45) is 0 Å². The molecule has 0 spiro atoms. The average Bonchev–Trinajstić information content (AvgIpc) is 3.33. The Kier molecular flexibility index (Phi) is 5.45. The molecule has 0 N–H and O–H groups in total. The summed E-state index contributed by atoms with van der Waals surface area (Å²) in [4.78, 5) is 17.6. The third-order valence-corrected chi connectivity index (χ3v) is 5.78. The lowest BCUT2D eigenvalue weighted by Gasteiger charge is -2.34. The fourth-order valence-corrected chi connectivity index (χ4v) is 4.08. The van der Waals surface area contributed by atoms with E-state index in [-0.39, 0.29) is 5.91 Å². The minimum atomic E-state index is -0.0749. The molecule has 1 aliphatic rings. The molecule has 1 saturated heterocycles. The Labute approximate surface area is 170 Å². The second-order valence-electron chi connectivity index (χ2n) is 6.17. The van der Waals surface area contributed by atoms with Crippen LogP contribution in [-0.4, -0.2) is 52.1 Å². The Morgan fingerprint density at radius 1 is 1.15 bits per heavy atom. The van der Waals surface area contributed by atoms with Crippen molar-refractivity contribution in [3.8, 4) is 10.8 Å². The number of aromatic nitrogens is 2. The van der Waals surface area contributed by atoms with Gasteiger partial charge in [0.05, 0.1) is 22.0 Å². The van der Waals surface area contributed by atoms with E-state index >= 15 is 0 Å². The number of thiophene rings is 1. The first-order chi connectivity index (χ1) is 13.1. The molecule has 0 unspecified atom stereocenters. The molecule has 140 valence electrons.